The molecule has 0 aromatic heterocycles. The third-order valence-electron chi connectivity index (χ3n) is 4.65. The average Bonchev–Trinajstić information content (AvgIpc) is 2.80. The summed E-state index contributed by atoms with van der Waals surface area (Å²) < 4.78 is 29.1. The van der Waals surface area contributed by atoms with E-state index in [2.05, 4.69) is 28.6 Å². The van der Waals surface area contributed by atoms with Crippen molar-refractivity contribution in [2.45, 2.75) is 24.2 Å². The van der Waals surface area contributed by atoms with Gasteiger partial charge in [0.15, 0.2) is 5.17 Å². The van der Waals surface area contributed by atoms with E-state index < -0.39 is 0 Å². The molecule has 0 heterocycles. The van der Waals surface area contributed by atoms with Gasteiger partial charge in [-0.2, -0.15) is 11.8 Å². The Balaban J connectivity index is 0.000000227. The van der Waals surface area contributed by atoms with E-state index in [1.165, 1.54) is 59.8 Å². The summed E-state index contributed by atoms with van der Waals surface area (Å²) in [7, 11) is 0. The zero-order chi connectivity index (χ0) is 23.3. The highest BCUT2D eigenvalue weighted by Gasteiger charge is 2.18. The summed E-state index contributed by atoms with van der Waals surface area (Å²) in [6.07, 6.45) is 11.5. The molecule has 0 radical (unpaired) electrons. The molecule has 0 saturated carbocycles. The second-order valence-electron chi connectivity index (χ2n) is 6.85. The van der Waals surface area contributed by atoms with Gasteiger partial charge >= 0.3 is 0 Å². The van der Waals surface area contributed by atoms with E-state index in [0.29, 0.717) is 21.0 Å². The van der Waals surface area contributed by atoms with Crippen LogP contribution in [0.5, 0.6) is 0 Å². The third kappa shape index (κ3) is 8.85. The van der Waals surface area contributed by atoms with E-state index in [1.54, 1.807) is 18.2 Å². The van der Waals surface area contributed by atoms with Crippen LogP contribution >= 0.6 is 47.1 Å². The summed E-state index contributed by atoms with van der Waals surface area (Å²) in [5.41, 5.74) is 2.61. The Morgan fingerprint density at radius 3 is 2.62 bits per heavy atom. The van der Waals surface area contributed by atoms with Crippen LogP contribution in [0, 0.1) is 17.6 Å². The fourth-order valence-corrected chi connectivity index (χ4v) is 5.40. The third-order valence-corrected chi connectivity index (χ3v) is 7.17. The molecular formula is C24H27ClF2N2S3. The topological polar surface area (TPSA) is 24.4 Å². The Morgan fingerprint density at radius 2 is 1.97 bits per heavy atom. The molecule has 1 atom stereocenters. The highest BCUT2D eigenvalue weighted by atomic mass is 35.5. The van der Waals surface area contributed by atoms with Gasteiger partial charge in [-0.15, -0.1) is 0 Å². The van der Waals surface area contributed by atoms with E-state index in [9.17, 15) is 8.78 Å². The van der Waals surface area contributed by atoms with Crippen LogP contribution in [-0.4, -0.2) is 23.4 Å². The van der Waals surface area contributed by atoms with Crippen molar-refractivity contribution in [1.82, 2.24) is 4.72 Å². The van der Waals surface area contributed by atoms with Gasteiger partial charge in [-0.25, -0.2) is 13.8 Å². The Morgan fingerprint density at radius 1 is 1.22 bits per heavy atom. The number of hydrogen-bond donors (Lipinski definition) is 1. The molecule has 32 heavy (non-hydrogen) atoms. The Hall–Kier alpha value is -1.41. The minimum atomic E-state index is -0.319. The van der Waals surface area contributed by atoms with Gasteiger partial charge in [-0.3, -0.25) is 0 Å². The van der Waals surface area contributed by atoms with Crippen molar-refractivity contribution in [2.24, 2.45) is 10.9 Å². The van der Waals surface area contributed by atoms with Crippen LogP contribution in [0.15, 0.2) is 71.2 Å². The first-order chi connectivity index (χ1) is 15.5. The fraction of sp³-hybridized carbons (Fsp3) is 0.292. The van der Waals surface area contributed by atoms with Crippen LogP contribution in [-0.2, 0) is 0 Å². The molecule has 8 heteroatoms. The first-order valence-corrected chi connectivity index (χ1v) is 13.8. The molecule has 172 valence electrons. The summed E-state index contributed by atoms with van der Waals surface area (Å²) in [6.45, 7) is 3.49. The van der Waals surface area contributed by atoms with E-state index in [4.69, 9.17) is 11.6 Å². The number of rotatable bonds is 6. The van der Waals surface area contributed by atoms with Crippen molar-refractivity contribution in [3.8, 4) is 0 Å². The monoisotopic (exact) mass is 512 g/mol. The molecule has 1 aliphatic carbocycles. The molecule has 2 nitrogen and oxygen atoms in total. The summed E-state index contributed by atoms with van der Waals surface area (Å²) in [4.78, 5) is 4.39. The maximum Gasteiger partial charge on any atom is 0.171 e. The second-order valence-corrected chi connectivity index (χ2v) is 9.84. The van der Waals surface area contributed by atoms with Crippen LogP contribution in [0.4, 0.5) is 8.78 Å². The highest BCUT2D eigenvalue weighted by Crippen LogP contribution is 2.34. The predicted octanol–water partition coefficient (Wildman–Crippen LogP) is 8.31. The number of hydrogen-bond acceptors (Lipinski definition) is 4. The van der Waals surface area contributed by atoms with Crippen LogP contribution in [0.2, 0.25) is 5.02 Å². The number of nitrogens with one attached hydrogen (secondary N) is 1. The zero-order valence-electron chi connectivity index (χ0n) is 18.1. The summed E-state index contributed by atoms with van der Waals surface area (Å²) in [6, 6.07) is 11.3. The lowest BCUT2D eigenvalue weighted by Gasteiger charge is -2.24. The number of aliphatic imine (C=N–C) groups is 1. The molecule has 1 N–H and O–H groups in total. The van der Waals surface area contributed by atoms with Crippen LogP contribution in [0.1, 0.15) is 24.8 Å². The highest BCUT2D eigenvalue weighted by molar-refractivity contribution is 8.14. The molecule has 0 aliphatic heterocycles. The second kappa shape index (κ2) is 14.7. The van der Waals surface area contributed by atoms with Crippen molar-refractivity contribution in [1.29, 1.82) is 0 Å². The van der Waals surface area contributed by atoms with Crippen molar-refractivity contribution in [3.63, 3.8) is 0 Å². The lowest BCUT2D eigenvalue weighted by molar-refractivity contribution is 0.602. The number of amidine groups is 1. The number of nitrogens with zero attached hydrogens (tertiary/aromatic N) is 1. The Kier molecular flexibility index (Phi) is 12.3. The number of allylic oxidation sites excluding steroid dienone is 2. The largest absolute Gasteiger partial charge is 0.305 e. The average molecular weight is 513 g/mol. The summed E-state index contributed by atoms with van der Waals surface area (Å²) in [5, 5.41) is 1.15. The van der Waals surface area contributed by atoms with E-state index >= 15 is 0 Å². The Bertz CT molecular complexity index is 933. The van der Waals surface area contributed by atoms with Crippen molar-refractivity contribution in [2.75, 3.05) is 18.3 Å². The molecule has 0 amide bonds. The van der Waals surface area contributed by atoms with Gasteiger partial charge in [0.1, 0.15) is 11.6 Å². The lowest BCUT2D eigenvalue weighted by atomic mass is 9.85. The maximum absolute atomic E-state index is 13.3. The van der Waals surface area contributed by atoms with Crippen molar-refractivity contribution in [3.05, 3.63) is 83.5 Å². The zero-order valence-corrected chi connectivity index (χ0v) is 21.3. The van der Waals surface area contributed by atoms with Crippen LogP contribution in [0.25, 0.3) is 5.57 Å². The first kappa shape index (κ1) is 26.8. The maximum atomic E-state index is 13.3. The molecule has 0 bridgehead atoms. The first-order valence-electron chi connectivity index (χ1n) is 10.0. The number of benzene rings is 2. The Labute approximate surface area is 207 Å². The molecule has 2 aromatic carbocycles. The molecule has 2 aromatic rings. The molecule has 0 saturated heterocycles. The van der Waals surface area contributed by atoms with Gasteiger partial charge in [-0.1, -0.05) is 48.2 Å². The standard InChI is InChI=1S/C14H17FS.C10H10ClFN2S2/c1-16-10-12-4-2-3-5-14(12)11-6-8-13(15)9-7-11;1-3-13-10(15-2)14-16-9-6-7(11)4-5-8(9)12/h5-9,12H,2-4,10H2,1H3;3-6H,1H2,2H3,(H,13,14). The molecule has 0 fully saturated rings. The smallest absolute Gasteiger partial charge is 0.171 e. The van der Waals surface area contributed by atoms with Crippen molar-refractivity contribution >= 4 is 57.8 Å². The van der Waals surface area contributed by atoms with Gasteiger partial charge in [0, 0.05) is 11.2 Å². The molecule has 1 aliphatic rings. The SMILES string of the molecule is C=CN=C(NSc1cc(Cl)ccc1F)SC.CSCC1CCCC=C1c1ccc(F)cc1. The van der Waals surface area contributed by atoms with Crippen LogP contribution in [0.3, 0.4) is 0 Å². The van der Waals surface area contributed by atoms with E-state index in [-0.39, 0.29) is 11.6 Å². The van der Waals surface area contributed by atoms with Gasteiger partial charge in [0.05, 0.1) is 4.90 Å². The lowest BCUT2D eigenvalue weighted by Crippen LogP contribution is -2.11. The summed E-state index contributed by atoms with van der Waals surface area (Å²) in [5.74, 6) is 1.35. The van der Waals surface area contributed by atoms with E-state index in [0.717, 1.165) is 18.4 Å². The number of thioether (sulfide) groups is 2. The summed E-state index contributed by atoms with van der Waals surface area (Å²) >= 11 is 10.2. The molecule has 0 spiro atoms. The predicted molar refractivity (Wildman–Crippen MR) is 142 cm³/mol. The molecular weight excluding hydrogens is 486 g/mol. The number of halogens is 3. The molecule has 1 unspecified atom stereocenters. The van der Waals surface area contributed by atoms with Gasteiger partial charge < -0.3 is 4.72 Å². The quantitative estimate of drug-likeness (QED) is 0.239. The van der Waals surface area contributed by atoms with Crippen LogP contribution < -0.4 is 4.72 Å². The molecule has 3 rings (SSSR count). The van der Waals surface area contributed by atoms with Gasteiger partial charge in [-0.05, 0) is 96.9 Å². The van der Waals surface area contributed by atoms with Gasteiger partial charge in [0.2, 0.25) is 0 Å². The fourth-order valence-electron chi connectivity index (χ4n) is 3.17. The minimum Gasteiger partial charge on any atom is -0.305 e. The minimum absolute atomic E-state index is 0.151. The normalized spacial score (nSPS) is 16.0. The van der Waals surface area contributed by atoms with E-state index in [1.807, 2.05) is 30.2 Å². The van der Waals surface area contributed by atoms with Crippen molar-refractivity contribution < 1.29 is 8.78 Å². The van der Waals surface area contributed by atoms with Gasteiger partial charge in [0.25, 0.3) is 0 Å².